The van der Waals surface area contributed by atoms with Gasteiger partial charge >= 0.3 is 0 Å². The van der Waals surface area contributed by atoms with Gasteiger partial charge in [-0.3, -0.25) is 15.3 Å². The smallest absolute Gasteiger partial charge is 0.142 e. The monoisotopic (exact) mass is 246 g/mol. The molecule has 0 spiro atoms. The molecule has 18 heavy (non-hydrogen) atoms. The van der Waals surface area contributed by atoms with Crippen LogP contribution in [0.3, 0.4) is 0 Å². The molecule has 98 valence electrons. The maximum absolute atomic E-state index is 7.57. The Bertz CT molecular complexity index is 439. The number of pyridine rings is 1. The summed E-state index contributed by atoms with van der Waals surface area (Å²) < 4.78 is 0. The van der Waals surface area contributed by atoms with Crippen LogP contribution in [0.1, 0.15) is 37.9 Å². The third kappa shape index (κ3) is 3.07. The van der Waals surface area contributed by atoms with Crippen molar-refractivity contribution in [2.45, 2.75) is 33.2 Å². The number of piperidine rings is 1. The topological polar surface area (TPSA) is 66.0 Å². The third-order valence-electron chi connectivity index (χ3n) is 3.52. The van der Waals surface area contributed by atoms with Gasteiger partial charge in [-0.25, -0.2) is 0 Å². The largest absolute Gasteiger partial charge is 0.382 e. The van der Waals surface area contributed by atoms with Crippen LogP contribution in [0.25, 0.3) is 0 Å². The van der Waals surface area contributed by atoms with Crippen molar-refractivity contribution in [1.29, 1.82) is 5.41 Å². The first-order valence-corrected chi connectivity index (χ1v) is 6.49. The average molecular weight is 246 g/mol. The minimum absolute atomic E-state index is 0.0573. The first-order valence-electron chi connectivity index (χ1n) is 6.49. The van der Waals surface area contributed by atoms with Crippen LogP contribution in [0.15, 0.2) is 18.3 Å². The maximum atomic E-state index is 7.57. The molecule has 0 radical (unpaired) electrons. The molecular formula is C14H22N4. The number of aromatic nitrogens is 1. The fourth-order valence-electron chi connectivity index (χ4n) is 2.73. The molecule has 4 nitrogen and oxygen atoms in total. The van der Waals surface area contributed by atoms with E-state index in [-0.39, 0.29) is 5.84 Å². The zero-order valence-electron chi connectivity index (χ0n) is 11.2. The van der Waals surface area contributed by atoms with Gasteiger partial charge in [0.1, 0.15) is 11.5 Å². The number of amidine groups is 1. The SMILES string of the molecule is CC1(C)CCCN(Cc2cccnc2C(=N)N)C1. The van der Waals surface area contributed by atoms with Crippen LogP contribution in [-0.2, 0) is 6.54 Å². The standard InChI is InChI=1S/C14H22N4/c1-14(2)6-4-8-18(10-14)9-11-5-3-7-17-12(11)13(15)16/h3,5,7H,4,6,8-10H2,1-2H3,(H3,15,16). The molecule has 0 unspecified atom stereocenters. The van der Waals surface area contributed by atoms with Crippen molar-refractivity contribution >= 4 is 5.84 Å². The van der Waals surface area contributed by atoms with E-state index in [1.54, 1.807) is 6.20 Å². The van der Waals surface area contributed by atoms with Gasteiger partial charge in [0.25, 0.3) is 0 Å². The van der Waals surface area contributed by atoms with Crippen LogP contribution in [0.4, 0.5) is 0 Å². The number of hydrogen-bond acceptors (Lipinski definition) is 3. The molecular weight excluding hydrogens is 224 g/mol. The second-order valence-electron chi connectivity index (χ2n) is 5.90. The van der Waals surface area contributed by atoms with Crippen molar-refractivity contribution in [1.82, 2.24) is 9.88 Å². The van der Waals surface area contributed by atoms with E-state index in [4.69, 9.17) is 11.1 Å². The summed E-state index contributed by atoms with van der Waals surface area (Å²) in [6.45, 7) is 7.68. The molecule has 0 saturated carbocycles. The van der Waals surface area contributed by atoms with Gasteiger partial charge in [-0.2, -0.15) is 0 Å². The summed E-state index contributed by atoms with van der Waals surface area (Å²) in [5.41, 5.74) is 7.64. The molecule has 0 bridgehead atoms. The lowest BCUT2D eigenvalue weighted by atomic mass is 9.84. The zero-order chi connectivity index (χ0) is 13.2. The summed E-state index contributed by atoms with van der Waals surface area (Å²) in [7, 11) is 0. The van der Waals surface area contributed by atoms with Gasteiger partial charge in [0, 0.05) is 19.3 Å². The van der Waals surface area contributed by atoms with Gasteiger partial charge in [0.05, 0.1) is 0 Å². The van der Waals surface area contributed by atoms with Gasteiger partial charge in [0.2, 0.25) is 0 Å². The molecule has 0 aromatic carbocycles. The highest BCUT2D eigenvalue weighted by atomic mass is 15.1. The minimum Gasteiger partial charge on any atom is -0.382 e. The Balaban J connectivity index is 2.12. The zero-order valence-corrected chi connectivity index (χ0v) is 11.2. The quantitative estimate of drug-likeness (QED) is 0.633. The van der Waals surface area contributed by atoms with Crippen LogP contribution in [0, 0.1) is 10.8 Å². The van der Waals surface area contributed by atoms with Crippen LogP contribution < -0.4 is 5.73 Å². The first kappa shape index (κ1) is 13.0. The number of likely N-dealkylation sites (tertiary alicyclic amines) is 1. The Labute approximate surface area is 109 Å². The second kappa shape index (κ2) is 5.06. The Morgan fingerprint density at radius 3 is 3.00 bits per heavy atom. The molecule has 1 aromatic heterocycles. The van der Waals surface area contributed by atoms with E-state index in [1.807, 2.05) is 12.1 Å². The van der Waals surface area contributed by atoms with Crippen molar-refractivity contribution in [3.8, 4) is 0 Å². The summed E-state index contributed by atoms with van der Waals surface area (Å²) in [5.74, 6) is 0.0573. The highest BCUT2D eigenvalue weighted by Crippen LogP contribution is 2.29. The lowest BCUT2D eigenvalue weighted by Gasteiger charge is -2.38. The summed E-state index contributed by atoms with van der Waals surface area (Å²) in [6, 6.07) is 3.93. The van der Waals surface area contributed by atoms with Gasteiger partial charge in [0.15, 0.2) is 0 Å². The highest BCUT2D eigenvalue weighted by molar-refractivity contribution is 5.94. The van der Waals surface area contributed by atoms with Crippen molar-refractivity contribution < 1.29 is 0 Å². The number of rotatable bonds is 3. The molecule has 2 heterocycles. The molecule has 1 aliphatic rings. The van der Waals surface area contributed by atoms with E-state index in [0.29, 0.717) is 11.1 Å². The van der Waals surface area contributed by atoms with E-state index in [2.05, 4.69) is 23.7 Å². The van der Waals surface area contributed by atoms with Crippen molar-refractivity contribution in [2.24, 2.45) is 11.1 Å². The number of nitrogen functional groups attached to an aromatic ring is 1. The molecule has 0 aliphatic carbocycles. The first-order chi connectivity index (χ1) is 8.48. The minimum atomic E-state index is 0.0573. The normalized spacial score (nSPS) is 19.7. The maximum Gasteiger partial charge on any atom is 0.142 e. The number of nitrogens with zero attached hydrogens (tertiary/aromatic N) is 2. The third-order valence-corrected chi connectivity index (χ3v) is 3.52. The summed E-state index contributed by atoms with van der Waals surface area (Å²) in [4.78, 5) is 6.64. The summed E-state index contributed by atoms with van der Waals surface area (Å²) in [5, 5.41) is 7.57. The molecule has 1 aromatic rings. The van der Waals surface area contributed by atoms with E-state index < -0.39 is 0 Å². The van der Waals surface area contributed by atoms with Crippen LogP contribution in [0.5, 0.6) is 0 Å². The second-order valence-corrected chi connectivity index (χ2v) is 5.90. The van der Waals surface area contributed by atoms with Crippen LogP contribution >= 0.6 is 0 Å². The fourth-order valence-corrected chi connectivity index (χ4v) is 2.73. The van der Waals surface area contributed by atoms with Crippen LogP contribution in [-0.4, -0.2) is 28.8 Å². The Kier molecular flexibility index (Phi) is 3.66. The lowest BCUT2D eigenvalue weighted by Crippen LogP contribution is -2.39. The predicted octanol–water partition coefficient (Wildman–Crippen LogP) is 1.99. The molecule has 1 fully saturated rings. The average Bonchev–Trinajstić information content (AvgIpc) is 2.28. The summed E-state index contributed by atoms with van der Waals surface area (Å²) in [6.07, 6.45) is 4.22. The van der Waals surface area contributed by atoms with Gasteiger partial charge < -0.3 is 5.73 Å². The summed E-state index contributed by atoms with van der Waals surface area (Å²) >= 11 is 0. The van der Waals surface area contributed by atoms with Crippen molar-refractivity contribution in [2.75, 3.05) is 13.1 Å². The van der Waals surface area contributed by atoms with Crippen molar-refractivity contribution in [3.63, 3.8) is 0 Å². The number of hydrogen-bond donors (Lipinski definition) is 2. The Morgan fingerprint density at radius 1 is 1.56 bits per heavy atom. The molecule has 0 atom stereocenters. The van der Waals surface area contributed by atoms with Gasteiger partial charge in [-0.05, 0) is 36.4 Å². The van der Waals surface area contributed by atoms with Crippen LogP contribution in [0.2, 0.25) is 0 Å². The Hall–Kier alpha value is -1.42. The predicted molar refractivity (Wildman–Crippen MR) is 73.5 cm³/mol. The number of nitrogens with one attached hydrogen (secondary N) is 1. The fraction of sp³-hybridized carbons (Fsp3) is 0.571. The molecule has 3 N–H and O–H groups in total. The molecule has 0 amide bonds. The van der Waals surface area contributed by atoms with Gasteiger partial charge in [-0.15, -0.1) is 0 Å². The Morgan fingerprint density at radius 2 is 2.33 bits per heavy atom. The van der Waals surface area contributed by atoms with E-state index in [9.17, 15) is 0 Å². The molecule has 1 saturated heterocycles. The molecule has 1 aliphatic heterocycles. The van der Waals surface area contributed by atoms with Gasteiger partial charge in [-0.1, -0.05) is 19.9 Å². The highest BCUT2D eigenvalue weighted by Gasteiger charge is 2.26. The van der Waals surface area contributed by atoms with E-state index in [1.165, 1.54) is 12.8 Å². The van der Waals surface area contributed by atoms with E-state index >= 15 is 0 Å². The van der Waals surface area contributed by atoms with Crippen molar-refractivity contribution in [3.05, 3.63) is 29.6 Å². The number of nitrogens with two attached hydrogens (primary N) is 1. The lowest BCUT2D eigenvalue weighted by molar-refractivity contribution is 0.111. The molecule has 2 rings (SSSR count). The van der Waals surface area contributed by atoms with E-state index in [0.717, 1.165) is 25.2 Å². The molecule has 4 heteroatoms.